The van der Waals surface area contributed by atoms with Crippen molar-refractivity contribution in [2.24, 2.45) is 0 Å². The van der Waals surface area contributed by atoms with Crippen LogP contribution in [0.2, 0.25) is 5.02 Å². The fraction of sp³-hybridized carbons (Fsp3) is 0.0625. The van der Waals surface area contributed by atoms with E-state index >= 15 is 0 Å². The third-order valence-electron chi connectivity index (χ3n) is 3.58. The van der Waals surface area contributed by atoms with Crippen LogP contribution in [0.4, 0.5) is 0 Å². The normalized spacial score (nSPS) is 11.2. The van der Waals surface area contributed by atoms with Crippen LogP contribution in [0, 0.1) is 0 Å². The van der Waals surface area contributed by atoms with E-state index in [9.17, 15) is 4.79 Å². The number of benzene rings is 1. The van der Waals surface area contributed by atoms with Crippen molar-refractivity contribution in [1.82, 2.24) is 14.5 Å². The van der Waals surface area contributed by atoms with E-state index in [0.717, 1.165) is 16.8 Å². The lowest BCUT2D eigenvalue weighted by atomic mass is 10.3. The molecule has 4 aromatic rings. The van der Waals surface area contributed by atoms with Crippen LogP contribution >= 0.6 is 22.9 Å². The predicted molar refractivity (Wildman–Crippen MR) is 92.1 cm³/mol. The van der Waals surface area contributed by atoms with E-state index in [1.165, 1.54) is 22.2 Å². The van der Waals surface area contributed by atoms with Crippen LogP contribution in [0.1, 0.15) is 0 Å². The molecule has 4 rings (SSSR count). The first-order valence-corrected chi connectivity index (χ1v) is 7.97. The van der Waals surface area contributed by atoms with Gasteiger partial charge >= 0.3 is 0 Å². The van der Waals surface area contributed by atoms with Gasteiger partial charge in [0.05, 0.1) is 28.7 Å². The Bertz CT molecular complexity index is 1090. The fourth-order valence-corrected chi connectivity index (χ4v) is 3.79. The number of nitrogens with zero attached hydrogens (tertiary/aromatic N) is 3. The molecule has 1 aromatic carbocycles. The number of pyridine rings is 1. The highest BCUT2D eigenvalue weighted by atomic mass is 35.5. The van der Waals surface area contributed by atoms with E-state index in [0.29, 0.717) is 20.1 Å². The van der Waals surface area contributed by atoms with Gasteiger partial charge in [-0.05, 0) is 30.3 Å². The monoisotopic (exact) mass is 343 g/mol. The maximum absolute atomic E-state index is 12.8. The average Bonchev–Trinajstić information content (AvgIpc) is 2.96. The number of ether oxygens (including phenoxy) is 1. The molecule has 0 aliphatic carbocycles. The molecule has 0 aliphatic heterocycles. The summed E-state index contributed by atoms with van der Waals surface area (Å²) in [6.45, 7) is 0. The second-order valence-electron chi connectivity index (χ2n) is 4.87. The summed E-state index contributed by atoms with van der Waals surface area (Å²) in [6.07, 6.45) is 3.14. The van der Waals surface area contributed by atoms with Gasteiger partial charge < -0.3 is 4.74 Å². The lowest BCUT2D eigenvalue weighted by Crippen LogP contribution is -2.17. The van der Waals surface area contributed by atoms with Crippen LogP contribution in [0.15, 0.2) is 47.7 Å². The standard InChI is InChI=1S/C16H10ClN3O2S/c1-22-10-4-2-9(3-5-10)20-8-19-13-12-11(17)6-7-18-15(12)23-14(13)16(20)21/h2-8H,1H3. The number of hydrogen-bond donors (Lipinski definition) is 0. The Morgan fingerprint density at radius 2 is 1.96 bits per heavy atom. The average molecular weight is 344 g/mol. The lowest BCUT2D eigenvalue weighted by molar-refractivity contribution is 0.414. The number of thiophene rings is 1. The van der Waals surface area contributed by atoms with E-state index in [1.807, 2.05) is 12.1 Å². The Balaban J connectivity index is 1.99. The predicted octanol–water partition coefficient (Wildman–Crippen LogP) is 3.66. The number of rotatable bonds is 2. The summed E-state index contributed by atoms with van der Waals surface area (Å²) in [5.74, 6) is 0.730. The smallest absolute Gasteiger partial charge is 0.275 e. The van der Waals surface area contributed by atoms with E-state index in [2.05, 4.69) is 9.97 Å². The number of aromatic nitrogens is 3. The second-order valence-corrected chi connectivity index (χ2v) is 6.28. The van der Waals surface area contributed by atoms with Crippen molar-refractivity contribution in [3.63, 3.8) is 0 Å². The molecule has 0 amide bonds. The molecule has 0 N–H and O–H groups in total. The molecule has 23 heavy (non-hydrogen) atoms. The van der Waals surface area contributed by atoms with Crippen molar-refractivity contribution >= 4 is 43.4 Å². The van der Waals surface area contributed by atoms with Crippen molar-refractivity contribution in [2.75, 3.05) is 7.11 Å². The maximum Gasteiger partial charge on any atom is 0.275 e. The molecule has 0 aliphatic rings. The zero-order chi connectivity index (χ0) is 16.0. The molecule has 0 spiro atoms. The van der Waals surface area contributed by atoms with Gasteiger partial charge in [-0.15, -0.1) is 11.3 Å². The third kappa shape index (κ3) is 2.18. The third-order valence-corrected chi connectivity index (χ3v) is 4.97. The highest BCUT2D eigenvalue weighted by Gasteiger charge is 2.15. The van der Waals surface area contributed by atoms with Gasteiger partial charge in [0.1, 0.15) is 21.6 Å². The zero-order valence-electron chi connectivity index (χ0n) is 12.0. The number of fused-ring (bicyclic) bond motifs is 3. The summed E-state index contributed by atoms with van der Waals surface area (Å²) in [5.41, 5.74) is 1.18. The van der Waals surface area contributed by atoms with Crippen molar-refractivity contribution < 1.29 is 4.74 Å². The zero-order valence-corrected chi connectivity index (χ0v) is 13.6. The largest absolute Gasteiger partial charge is 0.497 e. The van der Waals surface area contributed by atoms with Crippen LogP contribution in [0.25, 0.3) is 26.1 Å². The minimum Gasteiger partial charge on any atom is -0.497 e. The highest BCUT2D eigenvalue weighted by molar-refractivity contribution is 7.25. The van der Waals surface area contributed by atoms with Crippen molar-refractivity contribution in [1.29, 1.82) is 0 Å². The first-order chi connectivity index (χ1) is 11.2. The first-order valence-electron chi connectivity index (χ1n) is 6.78. The first kappa shape index (κ1) is 14.2. The summed E-state index contributed by atoms with van der Waals surface area (Å²) >= 11 is 7.53. The Morgan fingerprint density at radius 3 is 2.70 bits per heavy atom. The van der Waals surface area contributed by atoms with Crippen molar-refractivity contribution in [3.8, 4) is 11.4 Å². The van der Waals surface area contributed by atoms with E-state index < -0.39 is 0 Å². The SMILES string of the molecule is COc1ccc(-n2cnc3c(sc4nccc(Cl)c43)c2=O)cc1. The molecule has 114 valence electrons. The summed E-state index contributed by atoms with van der Waals surface area (Å²) in [6, 6.07) is 8.93. The van der Waals surface area contributed by atoms with Crippen LogP contribution in [-0.4, -0.2) is 21.6 Å². The van der Waals surface area contributed by atoms with Gasteiger partial charge in [0.2, 0.25) is 0 Å². The van der Waals surface area contributed by atoms with E-state index in [4.69, 9.17) is 16.3 Å². The van der Waals surface area contributed by atoms with E-state index in [1.54, 1.807) is 31.5 Å². The molecule has 0 saturated carbocycles. The second kappa shape index (κ2) is 5.33. The van der Waals surface area contributed by atoms with E-state index in [-0.39, 0.29) is 5.56 Å². The van der Waals surface area contributed by atoms with Gasteiger partial charge in [-0.25, -0.2) is 9.97 Å². The van der Waals surface area contributed by atoms with Crippen LogP contribution in [-0.2, 0) is 0 Å². The summed E-state index contributed by atoms with van der Waals surface area (Å²) < 4.78 is 7.18. The summed E-state index contributed by atoms with van der Waals surface area (Å²) in [4.78, 5) is 22.2. The van der Waals surface area contributed by atoms with Gasteiger partial charge in [0.15, 0.2) is 0 Å². The minimum atomic E-state index is -0.140. The number of hydrogen-bond acceptors (Lipinski definition) is 5. The molecule has 3 aromatic heterocycles. The van der Waals surface area contributed by atoms with Gasteiger partial charge in [-0.1, -0.05) is 11.6 Å². The van der Waals surface area contributed by atoms with Crippen LogP contribution < -0.4 is 10.3 Å². The van der Waals surface area contributed by atoms with Crippen molar-refractivity contribution in [3.05, 3.63) is 58.2 Å². The minimum absolute atomic E-state index is 0.140. The molecule has 5 nitrogen and oxygen atoms in total. The number of methoxy groups -OCH3 is 1. The lowest BCUT2D eigenvalue weighted by Gasteiger charge is -2.06. The topological polar surface area (TPSA) is 57.0 Å². The molecule has 7 heteroatoms. The molecule has 0 bridgehead atoms. The van der Waals surface area contributed by atoms with Crippen LogP contribution in [0.3, 0.4) is 0 Å². The Hall–Kier alpha value is -2.44. The highest BCUT2D eigenvalue weighted by Crippen LogP contribution is 2.33. The molecule has 0 saturated heterocycles. The van der Waals surface area contributed by atoms with Gasteiger partial charge in [-0.2, -0.15) is 0 Å². The van der Waals surface area contributed by atoms with Crippen molar-refractivity contribution in [2.45, 2.75) is 0 Å². The molecular formula is C16H10ClN3O2S. The molecule has 3 heterocycles. The van der Waals surface area contributed by atoms with Crippen LogP contribution in [0.5, 0.6) is 5.75 Å². The molecule has 0 fully saturated rings. The Morgan fingerprint density at radius 1 is 1.17 bits per heavy atom. The maximum atomic E-state index is 12.8. The molecule has 0 unspecified atom stereocenters. The number of halogens is 1. The van der Waals surface area contributed by atoms with Gasteiger partial charge in [0, 0.05) is 6.20 Å². The van der Waals surface area contributed by atoms with Gasteiger partial charge in [-0.3, -0.25) is 9.36 Å². The molecule has 0 atom stereocenters. The fourth-order valence-electron chi connectivity index (χ4n) is 2.44. The van der Waals surface area contributed by atoms with Gasteiger partial charge in [0.25, 0.3) is 5.56 Å². The summed E-state index contributed by atoms with van der Waals surface area (Å²) in [5, 5.41) is 1.28. The Labute approximate surface area is 139 Å². The molecular weight excluding hydrogens is 334 g/mol. The molecule has 0 radical (unpaired) electrons. The quantitative estimate of drug-likeness (QED) is 0.557. The summed E-state index contributed by atoms with van der Waals surface area (Å²) in [7, 11) is 1.60. The Kier molecular flexibility index (Phi) is 3.28.